The zero-order valence-corrected chi connectivity index (χ0v) is 22.0. The minimum absolute atomic E-state index is 0.151. The number of ether oxygens (including phenoxy) is 1. The molecule has 3 N–H and O–H groups in total. The first kappa shape index (κ1) is 27.0. The molecule has 1 aromatic carbocycles. The van der Waals surface area contributed by atoms with Gasteiger partial charge in [-0.25, -0.2) is 4.98 Å². The predicted octanol–water partition coefficient (Wildman–Crippen LogP) is 3.85. The van der Waals surface area contributed by atoms with Crippen LogP contribution in [-0.2, 0) is 16.1 Å². The molecule has 0 spiro atoms. The van der Waals surface area contributed by atoms with E-state index in [2.05, 4.69) is 65.2 Å². The Morgan fingerprint density at radius 3 is 2.45 bits per heavy atom. The third-order valence-electron chi connectivity index (χ3n) is 5.97. The Morgan fingerprint density at radius 1 is 1.03 bits per heavy atom. The molecule has 1 aliphatic heterocycles. The summed E-state index contributed by atoms with van der Waals surface area (Å²) >= 11 is 0. The highest BCUT2D eigenvalue weighted by atomic mass is 16.5. The quantitative estimate of drug-likeness (QED) is 0.335. The molecule has 9 heteroatoms. The van der Waals surface area contributed by atoms with Crippen molar-refractivity contribution in [2.75, 3.05) is 26.2 Å². The highest BCUT2D eigenvalue weighted by molar-refractivity contribution is 5.82. The lowest BCUT2D eigenvalue weighted by molar-refractivity contribution is -0.138. The molecule has 38 heavy (non-hydrogen) atoms. The lowest BCUT2D eigenvalue weighted by atomic mass is 10.1. The van der Waals surface area contributed by atoms with Crippen LogP contribution in [0.15, 0.2) is 59.8 Å². The molecule has 1 aliphatic rings. The standard InChI is InChI=1S/C24H24N6O.C5H10O2/c31-24-21-14-22(29-23(21)27-16-28-24)19-7-8-26-20(13-19)6-5-17-1-3-18(4-2-17)15-30-11-9-25-10-12-30;1-5(2,3)7-4-6/h1-8,13-14,16,25H,9-12,15H2,(H2,27,28,29,31);4H,1-3H3/b6-5+;. The average molecular weight is 515 g/mol. The summed E-state index contributed by atoms with van der Waals surface area (Å²) < 4.78 is 4.55. The van der Waals surface area contributed by atoms with E-state index in [0.29, 0.717) is 17.5 Å². The molecule has 4 aromatic rings. The topological polar surface area (TPSA) is 116 Å². The molecule has 0 unspecified atom stereocenters. The summed E-state index contributed by atoms with van der Waals surface area (Å²) in [5, 5.41) is 3.94. The molecule has 9 nitrogen and oxygen atoms in total. The van der Waals surface area contributed by atoms with E-state index in [1.807, 2.05) is 45.0 Å². The summed E-state index contributed by atoms with van der Waals surface area (Å²) in [6, 6.07) is 14.4. The van der Waals surface area contributed by atoms with Gasteiger partial charge in [0.25, 0.3) is 12.0 Å². The van der Waals surface area contributed by atoms with Gasteiger partial charge < -0.3 is 20.0 Å². The Bertz CT molecular complexity index is 1430. The molecule has 1 saturated heterocycles. The molecule has 0 saturated carbocycles. The van der Waals surface area contributed by atoms with Crippen molar-refractivity contribution in [3.63, 3.8) is 0 Å². The first-order valence-corrected chi connectivity index (χ1v) is 12.7. The normalized spacial score (nSPS) is 14.3. The van der Waals surface area contributed by atoms with E-state index >= 15 is 0 Å². The zero-order chi connectivity index (χ0) is 27.0. The van der Waals surface area contributed by atoms with Crippen LogP contribution in [0.25, 0.3) is 34.4 Å². The Morgan fingerprint density at radius 2 is 1.79 bits per heavy atom. The number of hydrogen-bond donors (Lipinski definition) is 3. The molecule has 3 aromatic heterocycles. The maximum atomic E-state index is 11.9. The van der Waals surface area contributed by atoms with Crippen molar-refractivity contribution in [1.82, 2.24) is 30.2 Å². The van der Waals surface area contributed by atoms with Crippen LogP contribution in [-0.4, -0.2) is 63.1 Å². The number of aromatic nitrogens is 4. The summed E-state index contributed by atoms with van der Waals surface area (Å²) in [6.07, 6.45) is 7.25. The van der Waals surface area contributed by atoms with E-state index in [9.17, 15) is 9.59 Å². The number of piperazine rings is 1. The number of carbonyl (C=O) groups is 1. The van der Waals surface area contributed by atoms with E-state index in [0.717, 1.165) is 55.2 Å². The molecule has 0 atom stereocenters. The number of carbonyl (C=O) groups excluding carboxylic acids is 1. The smallest absolute Gasteiger partial charge is 0.293 e. The van der Waals surface area contributed by atoms with Crippen LogP contribution in [0.1, 0.15) is 37.6 Å². The number of pyridine rings is 1. The van der Waals surface area contributed by atoms with Crippen molar-refractivity contribution in [2.24, 2.45) is 0 Å². The van der Waals surface area contributed by atoms with E-state index < -0.39 is 0 Å². The summed E-state index contributed by atoms with van der Waals surface area (Å²) in [4.78, 5) is 38.5. The molecule has 4 heterocycles. The van der Waals surface area contributed by atoms with Crippen LogP contribution in [0, 0.1) is 0 Å². The van der Waals surface area contributed by atoms with Crippen molar-refractivity contribution in [3.05, 3.63) is 82.2 Å². The molecule has 0 radical (unpaired) electrons. The van der Waals surface area contributed by atoms with Crippen molar-refractivity contribution in [2.45, 2.75) is 32.9 Å². The predicted molar refractivity (Wildman–Crippen MR) is 150 cm³/mol. The van der Waals surface area contributed by atoms with Crippen LogP contribution in [0.3, 0.4) is 0 Å². The monoisotopic (exact) mass is 514 g/mol. The first-order chi connectivity index (χ1) is 18.3. The molecule has 198 valence electrons. The number of nitrogens with one attached hydrogen (secondary N) is 3. The van der Waals surface area contributed by atoms with Crippen LogP contribution in [0.5, 0.6) is 0 Å². The molecule has 0 aliphatic carbocycles. The maximum absolute atomic E-state index is 11.9. The summed E-state index contributed by atoms with van der Waals surface area (Å²) in [6.45, 7) is 11.3. The van der Waals surface area contributed by atoms with E-state index in [-0.39, 0.29) is 11.2 Å². The van der Waals surface area contributed by atoms with Gasteiger partial charge in [-0.1, -0.05) is 30.3 Å². The fourth-order valence-electron chi connectivity index (χ4n) is 4.00. The van der Waals surface area contributed by atoms with Gasteiger partial charge >= 0.3 is 0 Å². The second kappa shape index (κ2) is 12.4. The lowest BCUT2D eigenvalue weighted by Crippen LogP contribution is -2.42. The number of hydrogen-bond acceptors (Lipinski definition) is 7. The van der Waals surface area contributed by atoms with Gasteiger partial charge in [-0.2, -0.15) is 0 Å². The Labute approximate surface area is 222 Å². The summed E-state index contributed by atoms with van der Waals surface area (Å²) in [5.74, 6) is 0. The molecular weight excluding hydrogens is 480 g/mol. The Balaban J connectivity index is 0.000000426. The van der Waals surface area contributed by atoms with Gasteiger partial charge in [0.05, 0.1) is 17.4 Å². The first-order valence-electron chi connectivity index (χ1n) is 12.7. The fourth-order valence-corrected chi connectivity index (χ4v) is 4.00. The van der Waals surface area contributed by atoms with Crippen molar-refractivity contribution in [3.8, 4) is 11.3 Å². The van der Waals surface area contributed by atoms with Crippen LogP contribution < -0.4 is 10.9 Å². The molecule has 0 bridgehead atoms. The number of benzene rings is 1. The average Bonchev–Trinajstić information content (AvgIpc) is 3.35. The van der Waals surface area contributed by atoms with Gasteiger partial charge in [-0.15, -0.1) is 0 Å². The molecule has 0 amide bonds. The SMILES string of the molecule is CC(C)(C)OC=O.O=c1[nH]cnc2[nH]c(-c3ccnc(/C=C/c4ccc(CN5CCNCC5)cc4)c3)cc12. The van der Waals surface area contributed by atoms with Gasteiger partial charge in [0.2, 0.25) is 0 Å². The molecule has 1 fully saturated rings. The lowest BCUT2D eigenvalue weighted by Gasteiger charge is -2.27. The van der Waals surface area contributed by atoms with E-state index in [1.54, 1.807) is 6.20 Å². The van der Waals surface area contributed by atoms with E-state index in [4.69, 9.17) is 0 Å². The van der Waals surface area contributed by atoms with Crippen LogP contribution >= 0.6 is 0 Å². The van der Waals surface area contributed by atoms with Gasteiger partial charge in [0, 0.05) is 50.2 Å². The van der Waals surface area contributed by atoms with Crippen LogP contribution in [0.2, 0.25) is 0 Å². The van der Waals surface area contributed by atoms with Crippen LogP contribution in [0.4, 0.5) is 0 Å². The third kappa shape index (κ3) is 7.71. The van der Waals surface area contributed by atoms with Crippen molar-refractivity contribution >= 4 is 29.7 Å². The Kier molecular flexibility index (Phi) is 8.83. The molecular formula is C29H34N6O3. The minimum atomic E-state index is -0.318. The Hall–Kier alpha value is -4.08. The minimum Gasteiger partial charge on any atom is -0.462 e. The third-order valence-corrected chi connectivity index (χ3v) is 5.97. The number of H-pyrrole nitrogens is 2. The van der Waals surface area contributed by atoms with E-state index in [1.165, 1.54) is 11.9 Å². The second-order valence-corrected chi connectivity index (χ2v) is 10.1. The van der Waals surface area contributed by atoms with Gasteiger partial charge in [0.1, 0.15) is 11.2 Å². The van der Waals surface area contributed by atoms with Crippen molar-refractivity contribution < 1.29 is 9.53 Å². The summed E-state index contributed by atoms with van der Waals surface area (Å²) in [5.41, 5.74) is 5.23. The second-order valence-electron chi connectivity index (χ2n) is 10.1. The maximum Gasteiger partial charge on any atom is 0.293 e. The number of fused-ring (bicyclic) bond motifs is 1. The van der Waals surface area contributed by atoms with Crippen molar-refractivity contribution in [1.29, 1.82) is 0 Å². The zero-order valence-electron chi connectivity index (χ0n) is 22.0. The largest absolute Gasteiger partial charge is 0.462 e. The van der Waals surface area contributed by atoms with Gasteiger partial charge in [0.15, 0.2) is 0 Å². The highest BCUT2D eigenvalue weighted by Crippen LogP contribution is 2.22. The molecule has 5 rings (SSSR count). The number of rotatable bonds is 6. The van der Waals surface area contributed by atoms with Gasteiger partial charge in [-0.05, 0) is 56.2 Å². The summed E-state index contributed by atoms with van der Waals surface area (Å²) in [7, 11) is 0. The highest BCUT2D eigenvalue weighted by Gasteiger charge is 2.10. The van der Waals surface area contributed by atoms with Gasteiger partial charge in [-0.3, -0.25) is 19.5 Å². The fraction of sp³-hybridized carbons (Fsp3) is 0.310. The number of nitrogens with zero attached hydrogens (tertiary/aromatic N) is 3. The number of aromatic amines is 2.